The Labute approximate surface area is 179 Å². The fourth-order valence-electron chi connectivity index (χ4n) is 3.88. The molecule has 5 rings (SSSR count). The summed E-state index contributed by atoms with van der Waals surface area (Å²) in [6, 6.07) is 12.1. The molecule has 2 aliphatic rings. The number of amides is 1. The van der Waals surface area contributed by atoms with Gasteiger partial charge in [0, 0.05) is 30.7 Å². The van der Waals surface area contributed by atoms with E-state index in [9.17, 15) is 4.79 Å². The molecule has 3 heterocycles. The molecule has 7 nitrogen and oxygen atoms in total. The van der Waals surface area contributed by atoms with E-state index < -0.39 is 0 Å². The normalized spacial score (nSPS) is 15.0. The maximum atomic E-state index is 11.9. The summed E-state index contributed by atoms with van der Waals surface area (Å²) in [5.41, 5.74) is 6.35. The van der Waals surface area contributed by atoms with Crippen molar-refractivity contribution in [1.82, 2.24) is 15.3 Å². The van der Waals surface area contributed by atoms with Crippen LogP contribution in [0.3, 0.4) is 0 Å². The summed E-state index contributed by atoms with van der Waals surface area (Å²) in [6.07, 6.45) is 2.99. The molecule has 1 amide bonds. The Bertz CT molecular complexity index is 1150. The van der Waals surface area contributed by atoms with Crippen LogP contribution in [0.5, 0.6) is 0 Å². The molecule has 2 aliphatic heterocycles. The zero-order chi connectivity index (χ0) is 20.7. The van der Waals surface area contributed by atoms with Crippen molar-refractivity contribution in [1.29, 1.82) is 0 Å². The number of nitrogens with one attached hydrogen (secondary N) is 3. The fraction of sp³-hybridized carbons (Fsp3) is 0.227. The number of fused-ring (bicyclic) bond motifs is 2. The number of anilines is 5. The van der Waals surface area contributed by atoms with Gasteiger partial charge in [-0.15, -0.1) is 0 Å². The Kier molecular flexibility index (Phi) is 4.77. The van der Waals surface area contributed by atoms with E-state index in [2.05, 4.69) is 38.1 Å². The predicted molar refractivity (Wildman–Crippen MR) is 119 cm³/mol. The number of nitrogens with zero attached hydrogens (tertiary/aromatic N) is 3. The van der Waals surface area contributed by atoms with Crippen LogP contribution in [0.25, 0.3) is 0 Å². The summed E-state index contributed by atoms with van der Waals surface area (Å²) in [4.78, 5) is 22.4. The first-order valence-corrected chi connectivity index (χ1v) is 10.2. The highest BCUT2D eigenvalue weighted by atomic mass is 35.5. The quantitative estimate of drug-likeness (QED) is 0.595. The van der Waals surface area contributed by atoms with Gasteiger partial charge in [-0.2, -0.15) is 4.98 Å². The molecule has 3 aromatic rings. The monoisotopic (exact) mass is 420 g/mol. The van der Waals surface area contributed by atoms with E-state index >= 15 is 0 Å². The molecule has 0 saturated heterocycles. The molecule has 3 N–H and O–H groups in total. The van der Waals surface area contributed by atoms with Gasteiger partial charge in [-0.3, -0.25) is 4.79 Å². The van der Waals surface area contributed by atoms with Gasteiger partial charge in [0.05, 0.1) is 12.6 Å². The first kappa shape index (κ1) is 18.8. The third-order valence-electron chi connectivity index (χ3n) is 5.51. The number of aromatic nitrogens is 2. The molecule has 30 heavy (non-hydrogen) atoms. The lowest BCUT2D eigenvalue weighted by Crippen LogP contribution is -2.23. The summed E-state index contributed by atoms with van der Waals surface area (Å²) in [5.74, 6) is 1.07. The van der Waals surface area contributed by atoms with Crippen LogP contribution in [0.1, 0.15) is 16.7 Å². The summed E-state index contributed by atoms with van der Waals surface area (Å²) in [6.45, 7) is 1.90. The largest absolute Gasteiger partial charge is 0.339 e. The van der Waals surface area contributed by atoms with Crippen molar-refractivity contribution in [3.8, 4) is 0 Å². The zero-order valence-corrected chi connectivity index (χ0v) is 17.3. The number of likely N-dealkylation sites (N-methyl/N-ethyl adjacent to an activating group) is 1. The second-order valence-corrected chi connectivity index (χ2v) is 7.93. The van der Waals surface area contributed by atoms with Gasteiger partial charge < -0.3 is 20.9 Å². The number of rotatable bonds is 4. The standard InChI is InChI=1S/C22H21ClN6O/c1-29-19-5-4-16(9-15(19)10-20(29)30)26-21-18(23)12-25-22(28-21)27-17-3-2-14-11-24-7-6-13(14)8-17/h2-5,8-9,12,24H,6-7,10-11H2,1H3,(H2,25,26,27,28). The van der Waals surface area contributed by atoms with Gasteiger partial charge in [0.2, 0.25) is 11.9 Å². The smallest absolute Gasteiger partial charge is 0.231 e. The summed E-state index contributed by atoms with van der Waals surface area (Å²) < 4.78 is 0. The van der Waals surface area contributed by atoms with Gasteiger partial charge in [0.15, 0.2) is 5.82 Å². The summed E-state index contributed by atoms with van der Waals surface area (Å²) in [7, 11) is 1.79. The second kappa shape index (κ2) is 7.59. The molecule has 2 aromatic carbocycles. The molecule has 1 aromatic heterocycles. The molecule has 152 valence electrons. The molecule has 0 spiro atoms. The Morgan fingerprint density at radius 2 is 1.87 bits per heavy atom. The molecular formula is C22H21ClN6O. The van der Waals surface area contributed by atoms with E-state index in [1.54, 1.807) is 18.1 Å². The molecule has 0 radical (unpaired) electrons. The lowest BCUT2D eigenvalue weighted by molar-refractivity contribution is -0.117. The van der Waals surface area contributed by atoms with Crippen molar-refractivity contribution in [2.24, 2.45) is 0 Å². The molecule has 0 fully saturated rings. The van der Waals surface area contributed by atoms with Crippen molar-refractivity contribution in [2.75, 3.05) is 29.1 Å². The van der Waals surface area contributed by atoms with Crippen molar-refractivity contribution in [3.63, 3.8) is 0 Å². The minimum atomic E-state index is 0.0922. The van der Waals surface area contributed by atoms with Gasteiger partial charge in [-0.25, -0.2) is 4.98 Å². The predicted octanol–water partition coefficient (Wildman–Crippen LogP) is 3.78. The average molecular weight is 421 g/mol. The number of halogens is 1. The summed E-state index contributed by atoms with van der Waals surface area (Å²) >= 11 is 6.32. The molecule has 8 heteroatoms. The van der Waals surface area contributed by atoms with Gasteiger partial charge in [0.25, 0.3) is 0 Å². The maximum Gasteiger partial charge on any atom is 0.231 e. The molecule has 0 bridgehead atoms. The van der Waals surface area contributed by atoms with E-state index in [4.69, 9.17) is 11.6 Å². The fourth-order valence-corrected chi connectivity index (χ4v) is 4.02. The molecule has 0 atom stereocenters. The minimum Gasteiger partial charge on any atom is -0.339 e. The van der Waals surface area contributed by atoms with Crippen LogP contribution in [-0.2, 0) is 24.2 Å². The maximum absolute atomic E-state index is 11.9. The lowest BCUT2D eigenvalue weighted by Gasteiger charge is -2.18. The number of benzene rings is 2. The van der Waals surface area contributed by atoms with E-state index in [1.807, 2.05) is 24.3 Å². The first-order valence-electron chi connectivity index (χ1n) is 9.85. The molecular weight excluding hydrogens is 400 g/mol. The number of hydrogen-bond acceptors (Lipinski definition) is 6. The third-order valence-corrected chi connectivity index (χ3v) is 5.79. The van der Waals surface area contributed by atoms with Crippen LogP contribution in [-0.4, -0.2) is 29.5 Å². The Morgan fingerprint density at radius 3 is 2.77 bits per heavy atom. The van der Waals surface area contributed by atoms with Crippen molar-refractivity contribution in [2.45, 2.75) is 19.4 Å². The molecule has 0 unspecified atom stereocenters. The highest BCUT2D eigenvalue weighted by Gasteiger charge is 2.24. The lowest BCUT2D eigenvalue weighted by atomic mass is 10.0. The van der Waals surface area contributed by atoms with E-state index in [0.29, 0.717) is 23.2 Å². The van der Waals surface area contributed by atoms with Gasteiger partial charge in [0.1, 0.15) is 5.02 Å². The van der Waals surface area contributed by atoms with Crippen LogP contribution < -0.4 is 20.9 Å². The molecule has 0 aliphatic carbocycles. The van der Waals surface area contributed by atoms with Crippen molar-refractivity contribution < 1.29 is 4.79 Å². The molecule has 0 saturated carbocycles. The number of hydrogen-bond donors (Lipinski definition) is 3. The first-order chi connectivity index (χ1) is 14.6. The van der Waals surface area contributed by atoms with Crippen LogP contribution in [0.4, 0.5) is 28.8 Å². The van der Waals surface area contributed by atoms with Crippen LogP contribution >= 0.6 is 11.6 Å². The van der Waals surface area contributed by atoms with Gasteiger partial charge in [-0.05, 0) is 60.0 Å². The highest BCUT2D eigenvalue weighted by Crippen LogP contribution is 2.32. The van der Waals surface area contributed by atoms with Crippen LogP contribution in [0, 0.1) is 0 Å². The highest BCUT2D eigenvalue weighted by molar-refractivity contribution is 6.32. The average Bonchev–Trinajstić information content (AvgIpc) is 3.03. The minimum absolute atomic E-state index is 0.0922. The Morgan fingerprint density at radius 1 is 1.07 bits per heavy atom. The van der Waals surface area contributed by atoms with Crippen LogP contribution in [0.2, 0.25) is 5.02 Å². The van der Waals surface area contributed by atoms with Crippen molar-refractivity contribution >= 4 is 46.3 Å². The van der Waals surface area contributed by atoms with Crippen molar-refractivity contribution in [3.05, 3.63) is 64.3 Å². The van der Waals surface area contributed by atoms with E-state index in [-0.39, 0.29) is 5.91 Å². The van der Waals surface area contributed by atoms with Crippen LogP contribution in [0.15, 0.2) is 42.6 Å². The Balaban J connectivity index is 1.37. The summed E-state index contributed by atoms with van der Waals surface area (Å²) in [5, 5.41) is 10.3. The SMILES string of the molecule is CN1C(=O)Cc2cc(Nc3nc(Nc4ccc5c(c4)CCNC5)ncc3Cl)ccc21. The topological polar surface area (TPSA) is 82.2 Å². The van der Waals surface area contributed by atoms with Gasteiger partial charge >= 0.3 is 0 Å². The van der Waals surface area contributed by atoms with E-state index in [1.165, 1.54) is 11.1 Å². The van der Waals surface area contributed by atoms with Gasteiger partial charge in [-0.1, -0.05) is 17.7 Å². The second-order valence-electron chi connectivity index (χ2n) is 7.52. The third kappa shape index (κ3) is 3.58. The Hall–Kier alpha value is -3.16. The zero-order valence-electron chi connectivity index (χ0n) is 16.5. The number of carbonyl (C=O) groups is 1. The van der Waals surface area contributed by atoms with E-state index in [0.717, 1.165) is 42.1 Å². The number of carbonyl (C=O) groups excluding carboxylic acids is 1.